The lowest BCUT2D eigenvalue weighted by molar-refractivity contribution is 0.0784. The highest BCUT2D eigenvalue weighted by atomic mass is 32.1. The number of halogens is 1. The van der Waals surface area contributed by atoms with Crippen molar-refractivity contribution in [2.45, 2.75) is 17.7 Å². The van der Waals surface area contributed by atoms with Crippen molar-refractivity contribution in [1.29, 1.82) is 0 Å². The summed E-state index contributed by atoms with van der Waals surface area (Å²) >= 11 is 4.11. The fourth-order valence-electron chi connectivity index (χ4n) is 1.65. The second kappa shape index (κ2) is 4.45. The predicted molar refractivity (Wildman–Crippen MR) is 63.3 cm³/mol. The van der Waals surface area contributed by atoms with E-state index in [1.54, 1.807) is 11.9 Å². The third-order valence-corrected chi connectivity index (χ3v) is 3.03. The van der Waals surface area contributed by atoms with Gasteiger partial charge in [0.15, 0.2) is 0 Å². The third-order valence-electron chi connectivity index (χ3n) is 2.76. The second-order valence-electron chi connectivity index (χ2n) is 4.29. The van der Waals surface area contributed by atoms with E-state index in [0.29, 0.717) is 10.8 Å². The first-order valence-electron chi connectivity index (χ1n) is 5.32. The summed E-state index contributed by atoms with van der Waals surface area (Å²) in [5.41, 5.74) is 0.107. The van der Waals surface area contributed by atoms with Crippen LogP contribution in [0.2, 0.25) is 0 Å². The Bertz CT molecular complexity index is 417. The maximum Gasteiger partial charge on any atom is 0.256 e. The van der Waals surface area contributed by atoms with Crippen molar-refractivity contribution in [3.8, 4) is 0 Å². The number of rotatable bonds is 3. The van der Waals surface area contributed by atoms with E-state index < -0.39 is 5.82 Å². The number of benzene rings is 1. The zero-order valence-corrected chi connectivity index (χ0v) is 10.0. The SMILES string of the molecule is CN(CC1CC1)C(=O)c1cc(S)ccc1F. The van der Waals surface area contributed by atoms with Gasteiger partial charge >= 0.3 is 0 Å². The van der Waals surface area contributed by atoms with Crippen molar-refractivity contribution in [1.82, 2.24) is 4.90 Å². The van der Waals surface area contributed by atoms with Crippen LogP contribution >= 0.6 is 12.6 Å². The molecule has 2 nitrogen and oxygen atoms in total. The monoisotopic (exact) mass is 239 g/mol. The van der Waals surface area contributed by atoms with Gasteiger partial charge in [0, 0.05) is 18.5 Å². The number of hydrogen-bond acceptors (Lipinski definition) is 2. The van der Waals surface area contributed by atoms with Crippen LogP contribution in [0.5, 0.6) is 0 Å². The standard InChI is InChI=1S/C12H14FNOS/c1-14(7-8-2-3-8)12(15)10-6-9(16)4-5-11(10)13/h4-6,8,16H,2-3,7H2,1H3. The molecule has 0 atom stereocenters. The Morgan fingerprint density at radius 1 is 1.56 bits per heavy atom. The summed E-state index contributed by atoms with van der Waals surface area (Å²) in [7, 11) is 1.71. The molecule has 0 aliphatic heterocycles. The molecule has 1 saturated carbocycles. The molecule has 0 saturated heterocycles. The molecule has 86 valence electrons. The molecule has 0 bridgehead atoms. The van der Waals surface area contributed by atoms with Gasteiger partial charge in [0.2, 0.25) is 0 Å². The number of hydrogen-bond donors (Lipinski definition) is 1. The van der Waals surface area contributed by atoms with E-state index in [2.05, 4.69) is 12.6 Å². The van der Waals surface area contributed by atoms with Gasteiger partial charge in [-0.2, -0.15) is 0 Å². The van der Waals surface area contributed by atoms with Gasteiger partial charge in [-0.05, 0) is 37.0 Å². The quantitative estimate of drug-likeness (QED) is 0.804. The van der Waals surface area contributed by atoms with Crippen LogP contribution in [0.4, 0.5) is 4.39 Å². The first kappa shape index (κ1) is 11.5. The van der Waals surface area contributed by atoms with Crippen LogP contribution in [0.1, 0.15) is 23.2 Å². The molecule has 0 aromatic heterocycles. The lowest BCUT2D eigenvalue weighted by Gasteiger charge is -2.17. The zero-order valence-electron chi connectivity index (χ0n) is 9.11. The Kier molecular flexibility index (Phi) is 3.19. The molecular weight excluding hydrogens is 225 g/mol. The molecule has 1 aliphatic carbocycles. The van der Waals surface area contributed by atoms with E-state index in [1.165, 1.54) is 31.0 Å². The van der Waals surface area contributed by atoms with E-state index >= 15 is 0 Å². The molecular formula is C12H14FNOS. The lowest BCUT2D eigenvalue weighted by atomic mass is 10.2. The highest BCUT2D eigenvalue weighted by Crippen LogP contribution is 2.29. The number of thiol groups is 1. The predicted octanol–water partition coefficient (Wildman–Crippen LogP) is 2.60. The number of amides is 1. The maximum absolute atomic E-state index is 13.5. The summed E-state index contributed by atoms with van der Waals surface area (Å²) in [6.45, 7) is 0.717. The van der Waals surface area contributed by atoms with E-state index in [4.69, 9.17) is 0 Å². The summed E-state index contributed by atoms with van der Waals surface area (Å²) in [4.78, 5) is 14.1. The maximum atomic E-state index is 13.5. The fraction of sp³-hybridized carbons (Fsp3) is 0.417. The minimum atomic E-state index is -0.481. The smallest absolute Gasteiger partial charge is 0.256 e. The molecule has 1 fully saturated rings. The van der Waals surface area contributed by atoms with E-state index in [-0.39, 0.29) is 11.5 Å². The van der Waals surface area contributed by atoms with Crippen molar-refractivity contribution in [2.24, 2.45) is 5.92 Å². The Morgan fingerprint density at radius 3 is 2.88 bits per heavy atom. The summed E-state index contributed by atoms with van der Waals surface area (Å²) in [6.07, 6.45) is 2.35. The molecule has 4 heteroatoms. The fourth-order valence-corrected chi connectivity index (χ4v) is 1.86. The van der Waals surface area contributed by atoms with Gasteiger partial charge in [0.25, 0.3) is 5.91 Å². The molecule has 0 unspecified atom stereocenters. The van der Waals surface area contributed by atoms with E-state index in [0.717, 1.165) is 6.54 Å². The van der Waals surface area contributed by atoms with E-state index in [9.17, 15) is 9.18 Å². The van der Waals surface area contributed by atoms with E-state index in [1.807, 2.05) is 0 Å². The van der Waals surface area contributed by atoms with Crippen molar-refractivity contribution in [3.05, 3.63) is 29.6 Å². The van der Waals surface area contributed by atoms with Crippen molar-refractivity contribution in [2.75, 3.05) is 13.6 Å². The second-order valence-corrected chi connectivity index (χ2v) is 4.81. The summed E-state index contributed by atoms with van der Waals surface area (Å²) in [5.74, 6) is -0.137. The van der Waals surface area contributed by atoms with Gasteiger partial charge in [-0.3, -0.25) is 4.79 Å². The normalized spacial score (nSPS) is 14.9. The van der Waals surface area contributed by atoms with Crippen LogP contribution in [-0.2, 0) is 0 Å². The van der Waals surface area contributed by atoms with Crippen LogP contribution in [-0.4, -0.2) is 24.4 Å². The number of nitrogens with zero attached hydrogens (tertiary/aromatic N) is 1. The van der Waals surface area contributed by atoms with Gasteiger partial charge in [0.1, 0.15) is 5.82 Å². The summed E-state index contributed by atoms with van der Waals surface area (Å²) in [6, 6.07) is 4.29. The van der Waals surface area contributed by atoms with Gasteiger partial charge in [-0.15, -0.1) is 12.6 Å². The molecule has 1 aromatic carbocycles. The first-order chi connectivity index (χ1) is 7.58. The molecule has 2 rings (SSSR count). The molecule has 16 heavy (non-hydrogen) atoms. The number of carbonyl (C=O) groups is 1. The van der Waals surface area contributed by atoms with Gasteiger partial charge in [0.05, 0.1) is 5.56 Å². The largest absolute Gasteiger partial charge is 0.341 e. The first-order valence-corrected chi connectivity index (χ1v) is 5.76. The van der Waals surface area contributed by atoms with Crippen LogP contribution in [0.15, 0.2) is 23.1 Å². The minimum Gasteiger partial charge on any atom is -0.341 e. The van der Waals surface area contributed by atoms with Crippen molar-refractivity contribution < 1.29 is 9.18 Å². The minimum absolute atomic E-state index is 0.107. The molecule has 0 spiro atoms. The van der Waals surface area contributed by atoms with Gasteiger partial charge in [-0.25, -0.2) is 4.39 Å². The molecule has 0 heterocycles. The molecule has 0 N–H and O–H groups in total. The average Bonchev–Trinajstić information content (AvgIpc) is 3.04. The van der Waals surface area contributed by atoms with Crippen molar-refractivity contribution in [3.63, 3.8) is 0 Å². The highest BCUT2D eigenvalue weighted by molar-refractivity contribution is 7.80. The number of carbonyl (C=O) groups excluding carboxylic acids is 1. The van der Waals surface area contributed by atoms with Crippen LogP contribution in [0.25, 0.3) is 0 Å². The molecule has 1 aliphatic rings. The van der Waals surface area contributed by atoms with Gasteiger partial charge < -0.3 is 4.90 Å². The molecule has 0 radical (unpaired) electrons. The third kappa shape index (κ3) is 2.55. The van der Waals surface area contributed by atoms with Crippen molar-refractivity contribution >= 4 is 18.5 Å². The Labute approximate surface area is 99.9 Å². The van der Waals surface area contributed by atoms with Gasteiger partial charge in [-0.1, -0.05) is 0 Å². The Hall–Kier alpha value is -1.03. The van der Waals surface area contributed by atoms with Crippen LogP contribution in [0, 0.1) is 11.7 Å². The van der Waals surface area contributed by atoms with Crippen LogP contribution in [0.3, 0.4) is 0 Å². The zero-order chi connectivity index (χ0) is 11.7. The topological polar surface area (TPSA) is 20.3 Å². The molecule has 1 aromatic rings. The molecule has 1 amide bonds. The lowest BCUT2D eigenvalue weighted by Crippen LogP contribution is -2.29. The van der Waals surface area contributed by atoms with Crippen LogP contribution < -0.4 is 0 Å². The summed E-state index contributed by atoms with van der Waals surface area (Å²) < 4.78 is 13.5. The summed E-state index contributed by atoms with van der Waals surface area (Å²) in [5, 5.41) is 0. The highest BCUT2D eigenvalue weighted by Gasteiger charge is 2.26. The Morgan fingerprint density at radius 2 is 2.25 bits per heavy atom. The Balaban J connectivity index is 2.14. The average molecular weight is 239 g/mol.